The van der Waals surface area contributed by atoms with E-state index in [1.165, 1.54) is 17.8 Å². The highest BCUT2D eigenvalue weighted by Gasteiger charge is 2.37. The van der Waals surface area contributed by atoms with Crippen molar-refractivity contribution in [3.63, 3.8) is 0 Å². The molecule has 1 aliphatic carbocycles. The molecule has 8 nitrogen and oxygen atoms in total. The molecule has 2 aromatic carbocycles. The van der Waals surface area contributed by atoms with Crippen LogP contribution >= 0.6 is 11.8 Å². The van der Waals surface area contributed by atoms with Gasteiger partial charge < -0.3 is 15.5 Å². The summed E-state index contributed by atoms with van der Waals surface area (Å²) in [7, 11) is -1.58. The zero-order chi connectivity index (χ0) is 29.9. The van der Waals surface area contributed by atoms with E-state index in [1.54, 1.807) is 24.3 Å². The molecule has 3 atom stereocenters. The largest absolute Gasteiger partial charge is 0.416 e. The number of aromatic amines is 1. The van der Waals surface area contributed by atoms with E-state index in [-0.39, 0.29) is 58.3 Å². The SMILES string of the molecule is CSc1ccc(S(=O)(=O)CC2C[C@H](N(C)C(C)C)CCC2NC(=O)CNc2n[nH]c3ccc(C(F)(F)F)cc23)cc1. The minimum absolute atomic E-state index is 0.101. The number of amides is 1. The molecule has 1 fully saturated rings. The third kappa shape index (κ3) is 7.55. The van der Waals surface area contributed by atoms with Gasteiger partial charge in [-0.1, -0.05) is 0 Å². The molecule has 3 aromatic rings. The number of fused-ring (bicyclic) bond motifs is 1. The smallest absolute Gasteiger partial charge is 0.359 e. The fraction of sp³-hybridized carbons (Fsp3) is 0.500. The molecule has 4 rings (SSSR count). The van der Waals surface area contributed by atoms with Gasteiger partial charge in [0.2, 0.25) is 5.91 Å². The van der Waals surface area contributed by atoms with Crippen LogP contribution in [0.5, 0.6) is 0 Å². The number of rotatable bonds is 10. The number of nitrogens with one attached hydrogen (secondary N) is 3. The molecule has 0 saturated heterocycles. The maximum atomic E-state index is 13.4. The summed E-state index contributed by atoms with van der Waals surface area (Å²) < 4.78 is 66.4. The standard InChI is InChI=1S/C28H36F3N5O3S2/c1-17(2)36(3)20-6-12-24(18(13-20)16-41(38,39)22-9-7-21(40-4)8-10-22)33-26(37)15-32-27-23-14-19(28(29,30)31)5-11-25(23)34-35-27/h5,7-11,14,17-18,20,24H,6,12-13,15-16H2,1-4H3,(H,33,37)(H2,32,34,35)/t18?,20-,24?/m1/s1. The molecule has 3 N–H and O–H groups in total. The highest BCUT2D eigenvalue weighted by Crippen LogP contribution is 2.34. The molecule has 1 heterocycles. The number of H-pyrrole nitrogens is 1. The molecule has 13 heteroatoms. The van der Waals surface area contributed by atoms with Crippen LogP contribution in [0.4, 0.5) is 19.0 Å². The van der Waals surface area contributed by atoms with E-state index >= 15 is 0 Å². The highest BCUT2D eigenvalue weighted by molar-refractivity contribution is 7.98. The van der Waals surface area contributed by atoms with Crippen LogP contribution in [0.1, 0.15) is 38.7 Å². The van der Waals surface area contributed by atoms with Gasteiger partial charge in [-0.2, -0.15) is 18.3 Å². The van der Waals surface area contributed by atoms with E-state index < -0.39 is 21.6 Å². The number of sulfone groups is 1. The monoisotopic (exact) mass is 611 g/mol. The zero-order valence-electron chi connectivity index (χ0n) is 23.5. The van der Waals surface area contributed by atoms with Crippen molar-refractivity contribution < 1.29 is 26.4 Å². The number of benzene rings is 2. The Balaban J connectivity index is 1.47. The van der Waals surface area contributed by atoms with Crippen LogP contribution in [0.2, 0.25) is 0 Å². The summed E-state index contributed by atoms with van der Waals surface area (Å²) in [6.45, 7) is 3.96. The van der Waals surface area contributed by atoms with Crippen LogP contribution in [0.15, 0.2) is 52.3 Å². The molecule has 0 spiro atoms. The Morgan fingerprint density at radius 3 is 2.51 bits per heavy atom. The van der Waals surface area contributed by atoms with Gasteiger partial charge in [0, 0.05) is 28.4 Å². The number of hydrogen-bond acceptors (Lipinski definition) is 7. The number of thioether (sulfide) groups is 1. The molecule has 1 amide bonds. The summed E-state index contributed by atoms with van der Waals surface area (Å²) in [5.41, 5.74) is -0.404. The number of hydrogen-bond donors (Lipinski definition) is 3. The minimum Gasteiger partial charge on any atom is -0.359 e. The molecule has 0 radical (unpaired) electrons. The average molecular weight is 612 g/mol. The van der Waals surface area contributed by atoms with Crippen LogP contribution in [-0.2, 0) is 20.8 Å². The molecular weight excluding hydrogens is 575 g/mol. The second-order valence-electron chi connectivity index (χ2n) is 10.8. The molecule has 1 aromatic heterocycles. The average Bonchev–Trinajstić information content (AvgIpc) is 3.34. The topological polar surface area (TPSA) is 107 Å². The van der Waals surface area contributed by atoms with Crippen molar-refractivity contribution in [3.05, 3.63) is 48.0 Å². The first kappa shape index (κ1) is 31.2. The number of alkyl halides is 3. The van der Waals surface area contributed by atoms with Crippen molar-refractivity contribution in [2.45, 2.75) is 67.2 Å². The molecule has 2 unspecified atom stereocenters. The Labute approximate surface area is 242 Å². The molecule has 0 bridgehead atoms. The predicted molar refractivity (Wildman–Crippen MR) is 156 cm³/mol. The number of halogens is 3. The van der Waals surface area contributed by atoms with E-state index in [1.807, 2.05) is 13.3 Å². The van der Waals surface area contributed by atoms with E-state index in [4.69, 9.17) is 0 Å². The Morgan fingerprint density at radius 2 is 1.88 bits per heavy atom. The van der Waals surface area contributed by atoms with Crippen molar-refractivity contribution >= 4 is 44.2 Å². The maximum Gasteiger partial charge on any atom is 0.416 e. The lowest BCUT2D eigenvalue weighted by molar-refractivity contribution is -0.137. The first-order chi connectivity index (χ1) is 19.3. The second-order valence-corrected chi connectivity index (χ2v) is 13.7. The summed E-state index contributed by atoms with van der Waals surface area (Å²) in [6.07, 6.45) is -0.558. The highest BCUT2D eigenvalue weighted by atomic mass is 32.2. The molecule has 1 saturated carbocycles. The molecule has 0 aliphatic heterocycles. The summed E-state index contributed by atoms with van der Waals surface area (Å²) in [6, 6.07) is 10.2. The number of nitrogens with zero attached hydrogens (tertiary/aromatic N) is 2. The summed E-state index contributed by atoms with van der Waals surface area (Å²) in [4.78, 5) is 16.5. The predicted octanol–water partition coefficient (Wildman–Crippen LogP) is 5.18. The Kier molecular flexibility index (Phi) is 9.59. The van der Waals surface area contributed by atoms with Gasteiger partial charge in [-0.25, -0.2) is 8.42 Å². The number of carbonyl (C=O) groups excluding carboxylic acids is 1. The summed E-state index contributed by atoms with van der Waals surface area (Å²) in [5, 5.41) is 12.7. The van der Waals surface area contributed by atoms with Crippen LogP contribution in [-0.4, -0.2) is 73.1 Å². The lowest BCUT2D eigenvalue weighted by Gasteiger charge is -2.41. The van der Waals surface area contributed by atoms with Gasteiger partial charge in [0.1, 0.15) is 0 Å². The molecular formula is C28H36F3N5O3S2. The third-order valence-corrected chi connectivity index (χ3v) is 10.5. The summed E-state index contributed by atoms with van der Waals surface area (Å²) in [5.74, 6) is -0.669. The van der Waals surface area contributed by atoms with Gasteiger partial charge in [-0.15, -0.1) is 11.8 Å². The molecule has 1 aliphatic rings. The maximum absolute atomic E-state index is 13.4. The van der Waals surface area contributed by atoms with Crippen molar-refractivity contribution in [3.8, 4) is 0 Å². The third-order valence-electron chi connectivity index (χ3n) is 7.85. The van der Waals surface area contributed by atoms with Crippen LogP contribution in [0.25, 0.3) is 10.9 Å². The Bertz CT molecular complexity index is 1460. The van der Waals surface area contributed by atoms with Crippen molar-refractivity contribution in [2.24, 2.45) is 5.92 Å². The van der Waals surface area contributed by atoms with Gasteiger partial charge in [0.25, 0.3) is 0 Å². The Hall–Kier alpha value is -2.77. The van der Waals surface area contributed by atoms with Gasteiger partial charge >= 0.3 is 6.18 Å². The van der Waals surface area contributed by atoms with E-state index in [2.05, 4.69) is 39.6 Å². The van der Waals surface area contributed by atoms with Crippen molar-refractivity contribution in [2.75, 3.05) is 30.9 Å². The number of carbonyl (C=O) groups is 1. The number of aromatic nitrogens is 2. The van der Waals surface area contributed by atoms with Crippen molar-refractivity contribution in [1.29, 1.82) is 0 Å². The van der Waals surface area contributed by atoms with Gasteiger partial charge in [-0.05, 0) is 94.8 Å². The fourth-order valence-electron chi connectivity index (χ4n) is 5.31. The van der Waals surface area contributed by atoms with Gasteiger partial charge in [-0.3, -0.25) is 9.89 Å². The van der Waals surface area contributed by atoms with Crippen LogP contribution < -0.4 is 10.6 Å². The zero-order valence-corrected chi connectivity index (χ0v) is 25.1. The lowest BCUT2D eigenvalue weighted by Crippen LogP contribution is -2.51. The normalized spacial score (nSPS) is 20.1. The van der Waals surface area contributed by atoms with Crippen molar-refractivity contribution in [1.82, 2.24) is 20.4 Å². The summed E-state index contributed by atoms with van der Waals surface area (Å²) >= 11 is 1.53. The van der Waals surface area contributed by atoms with Gasteiger partial charge in [0.05, 0.1) is 28.3 Å². The van der Waals surface area contributed by atoms with E-state index in [9.17, 15) is 26.4 Å². The Morgan fingerprint density at radius 1 is 1.17 bits per heavy atom. The van der Waals surface area contributed by atoms with E-state index in [0.717, 1.165) is 23.4 Å². The van der Waals surface area contributed by atoms with E-state index in [0.29, 0.717) is 18.4 Å². The molecule has 224 valence electrons. The van der Waals surface area contributed by atoms with Gasteiger partial charge in [0.15, 0.2) is 15.7 Å². The fourth-order valence-corrected chi connectivity index (χ4v) is 7.40. The first-order valence-corrected chi connectivity index (χ1v) is 16.3. The molecule has 41 heavy (non-hydrogen) atoms. The minimum atomic E-state index is -4.51. The lowest BCUT2D eigenvalue weighted by atomic mass is 9.81. The second kappa shape index (κ2) is 12.6. The van der Waals surface area contributed by atoms with Crippen LogP contribution in [0, 0.1) is 5.92 Å². The number of anilines is 1. The quantitative estimate of drug-likeness (QED) is 0.271. The first-order valence-electron chi connectivity index (χ1n) is 13.5. The van der Waals surface area contributed by atoms with Crippen LogP contribution in [0.3, 0.4) is 0 Å².